The number of hydrogen-bond donors (Lipinski definition) is 1. The lowest BCUT2D eigenvalue weighted by molar-refractivity contribution is -0.126. The molecule has 1 heterocycles. The summed E-state index contributed by atoms with van der Waals surface area (Å²) >= 11 is 0. The van der Waals surface area contributed by atoms with Gasteiger partial charge in [0.25, 0.3) is 0 Å². The molecule has 1 aliphatic rings. The van der Waals surface area contributed by atoms with Crippen LogP contribution in [0.3, 0.4) is 0 Å². The molecule has 1 saturated heterocycles. The first-order valence-corrected chi connectivity index (χ1v) is 11.9. The third-order valence-electron chi connectivity index (χ3n) is 5.67. The van der Waals surface area contributed by atoms with E-state index >= 15 is 0 Å². The molecule has 0 bridgehead atoms. The minimum Gasteiger partial charge on any atom is -0.495 e. The van der Waals surface area contributed by atoms with Crippen molar-refractivity contribution in [2.75, 3.05) is 20.2 Å². The minimum absolute atomic E-state index is 0.0334. The summed E-state index contributed by atoms with van der Waals surface area (Å²) in [7, 11) is -2.55. The minimum atomic E-state index is -3.90. The van der Waals surface area contributed by atoms with Crippen molar-refractivity contribution in [1.82, 2.24) is 9.62 Å². The quantitative estimate of drug-likeness (QED) is 0.672. The Bertz CT molecular complexity index is 990. The smallest absolute Gasteiger partial charge is 0.246 e. The van der Waals surface area contributed by atoms with Crippen molar-refractivity contribution in [2.24, 2.45) is 5.92 Å². The van der Waals surface area contributed by atoms with Crippen molar-refractivity contribution < 1.29 is 22.3 Å². The van der Waals surface area contributed by atoms with Gasteiger partial charge >= 0.3 is 0 Å². The molecule has 31 heavy (non-hydrogen) atoms. The number of nitrogens with zero attached hydrogens (tertiary/aromatic N) is 1. The third kappa shape index (κ3) is 5.83. The Morgan fingerprint density at radius 1 is 1.19 bits per heavy atom. The number of carbonyl (C=O) groups is 1. The molecule has 1 aliphatic heterocycles. The largest absolute Gasteiger partial charge is 0.495 e. The van der Waals surface area contributed by atoms with Gasteiger partial charge in [-0.15, -0.1) is 0 Å². The Morgan fingerprint density at radius 3 is 2.52 bits per heavy atom. The van der Waals surface area contributed by atoms with Crippen molar-refractivity contribution in [2.45, 2.75) is 43.5 Å². The van der Waals surface area contributed by atoms with Gasteiger partial charge in [-0.25, -0.2) is 12.8 Å². The number of hydrogen-bond acceptors (Lipinski definition) is 4. The first-order valence-electron chi connectivity index (χ1n) is 10.5. The zero-order valence-corrected chi connectivity index (χ0v) is 18.7. The van der Waals surface area contributed by atoms with E-state index in [4.69, 9.17) is 4.74 Å². The van der Waals surface area contributed by atoms with Gasteiger partial charge in [0.2, 0.25) is 15.9 Å². The molecule has 2 aromatic rings. The van der Waals surface area contributed by atoms with E-state index in [-0.39, 0.29) is 41.6 Å². The maximum absolute atomic E-state index is 13.7. The number of benzene rings is 2. The number of ether oxygens (including phenoxy) is 1. The van der Waals surface area contributed by atoms with Gasteiger partial charge in [-0.2, -0.15) is 4.31 Å². The summed E-state index contributed by atoms with van der Waals surface area (Å²) in [5, 5.41) is 3.05. The zero-order chi connectivity index (χ0) is 22.4. The summed E-state index contributed by atoms with van der Waals surface area (Å²) in [4.78, 5) is 12.5. The molecule has 0 spiro atoms. The van der Waals surface area contributed by atoms with E-state index in [1.165, 1.54) is 23.0 Å². The van der Waals surface area contributed by atoms with Gasteiger partial charge in [-0.3, -0.25) is 4.79 Å². The van der Waals surface area contributed by atoms with Crippen LogP contribution in [0.4, 0.5) is 4.39 Å². The van der Waals surface area contributed by atoms with Crippen molar-refractivity contribution in [1.29, 1.82) is 0 Å². The SMILES string of the molecule is COc1ccc(F)cc1S(=O)(=O)N1CCC(C(=O)N[C@H](C)CCc2ccccc2)CC1. The van der Waals surface area contributed by atoms with E-state index in [0.717, 1.165) is 25.0 Å². The number of piperidine rings is 1. The third-order valence-corrected chi connectivity index (χ3v) is 7.59. The Labute approximate surface area is 183 Å². The summed E-state index contributed by atoms with van der Waals surface area (Å²) in [6, 6.07) is 13.6. The maximum atomic E-state index is 13.7. The predicted molar refractivity (Wildman–Crippen MR) is 117 cm³/mol. The van der Waals surface area contributed by atoms with Crippen LogP contribution >= 0.6 is 0 Å². The van der Waals surface area contributed by atoms with E-state index in [2.05, 4.69) is 17.4 Å². The van der Waals surface area contributed by atoms with Crippen LogP contribution in [-0.2, 0) is 21.2 Å². The highest BCUT2D eigenvalue weighted by Crippen LogP contribution is 2.30. The summed E-state index contributed by atoms with van der Waals surface area (Å²) in [6.07, 6.45) is 2.57. The molecule has 1 amide bonds. The second-order valence-electron chi connectivity index (χ2n) is 7.91. The molecule has 0 saturated carbocycles. The molecule has 168 valence electrons. The lowest BCUT2D eigenvalue weighted by Gasteiger charge is -2.31. The highest BCUT2D eigenvalue weighted by atomic mass is 32.2. The summed E-state index contributed by atoms with van der Waals surface area (Å²) in [6.45, 7) is 2.40. The lowest BCUT2D eigenvalue weighted by Crippen LogP contribution is -2.44. The number of halogens is 1. The fourth-order valence-corrected chi connectivity index (χ4v) is 5.45. The normalized spacial score (nSPS) is 16.6. The van der Waals surface area contributed by atoms with E-state index in [1.807, 2.05) is 25.1 Å². The predicted octanol–water partition coefficient (Wildman–Crippen LogP) is 3.37. The van der Waals surface area contributed by atoms with Crippen LogP contribution in [0.15, 0.2) is 53.4 Å². The fraction of sp³-hybridized carbons (Fsp3) is 0.435. The number of aryl methyl sites for hydroxylation is 1. The number of sulfonamides is 1. The Kier molecular flexibility index (Phi) is 7.67. The highest BCUT2D eigenvalue weighted by molar-refractivity contribution is 7.89. The monoisotopic (exact) mass is 448 g/mol. The standard InChI is InChI=1S/C23H29FN2O4S/c1-17(8-9-18-6-4-3-5-7-18)25-23(27)19-12-14-26(15-13-19)31(28,29)22-16-20(24)10-11-21(22)30-2/h3-7,10-11,16-17,19H,8-9,12-15H2,1-2H3,(H,25,27)/t17-/m1/s1. The number of rotatable bonds is 8. The molecule has 3 rings (SSSR count). The zero-order valence-electron chi connectivity index (χ0n) is 17.9. The van der Waals surface area contributed by atoms with Crippen LogP contribution in [-0.4, -0.2) is 44.9 Å². The van der Waals surface area contributed by atoms with Crippen molar-refractivity contribution in [3.8, 4) is 5.75 Å². The molecule has 0 aromatic heterocycles. The molecule has 0 aliphatic carbocycles. The Morgan fingerprint density at radius 2 is 1.87 bits per heavy atom. The molecule has 0 unspecified atom stereocenters. The van der Waals surface area contributed by atoms with E-state index in [0.29, 0.717) is 12.8 Å². The Hall–Kier alpha value is -2.45. The average Bonchev–Trinajstić information content (AvgIpc) is 2.78. The Balaban J connectivity index is 1.54. The highest BCUT2D eigenvalue weighted by Gasteiger charge is 2.34. The topological polar surface area (TPSA) is 75.7 Å². The molecule has 1 N–H and O–H groups in total. The van der Waals surface area contributed by atoms with Gasteiger partial charge in [-0.05, 0) is 56.4 Å². The van der Waals surface area contributed by atoms with Crippen LogP contribution in [0.1, 0.15) is 31.7 Å². The van der Waals surface area contributed by atoms with Crippen molar-refractivity contribution in [3.63, 3.8) is 0 Å². The molecular formula is C23H29FN2O4S. The van der Waals surface area contributed by atoms with Crippen molar-refractivity contribution in [3.05, 3.63) is 59.9 Å². The van der Waals surface area contributed by atoms with Gasteiger partial charge in [0.15, 0.2) is 0 Å². The van der Waals surface area contributed by atoms with Crippen LogP contribution < -0.4 is 10.1 Å². The lowest BCUT2D eigenvalue weighted by atomic mass is 9.96. The summed E-state index contributed by atoms with van der Waals surface area (Å²) in [5.74, 6) is -0.812. The van der Waals surface area contributed by atoms with Crippen LogP contribution in [0.2, 0.25) is 0 Å². The molecule has 6 nitrogen and oxygen atoms in total. The first-order chi connectivity index (χ1) is 14.8. The van der Waals surface area contributed by atoms with Crippen LogP contribution in [0.5, 0.6) is 5.75 Å². The first kappa shape index (κ1) is 23.2. The molecular weight excluding hydrogens is 419 g/mol. The molecule has 1 fully saturated rings. The summed E-state index contributed by atoms with van der Waals surface area (Å²) in [5.41, 5.74) is 1.23. The van der Waals surface area contributed by atoms with Gasteiger partial charge in [0.1, 0.15) is 16.5 Å². The average molecular weight is 449 g/mol. The van der Waals surface area contributed by atoms with E-state index in [1.54, 1.807) is 0 Å². The van der Waals surface area contributed by atoms with Gasteiger partial charge in [0.05, 0.1) is 7.11 Å². The molecule has 8 heteroatoms. The number of amides is 1. The second kappa shape index (κ2) is 10.2. The molecule has 1 atom stereocenters. The fourth-order valence-electron chi connectivity index (χ4n) is 3.81. The molecule has 2 aromatic carbocycles. The van der Waals surface area contributed by atoms with Crippen LogP contribution in [0, 0.1) is 11.7 Å². The van der Waals surface area contributed by atoms with Gasteiger partial charge in [0, 0.05) is 25.0 Å². The maximum Gasteiger partial charge on any atom is 0.246 e. The van der Waals surface area contributed by atoms with Crippen LogP contribution in [0.25, 0.3) is 0 Å². The summed E-state index contributed by atoms with van der Waals surface area (Å²) < 4.78 is 46.0. The van der Waals surface area contributed by atoms with E-state index < -0.39 is 15.8 Å². The second-order valence-corrected chi connectivity index (χ2v) is 9.81. The number of nitrogens with one attached hydrogen (secondary N) is 1. The van der Waals surface area contributed by atoms with Gasteiger partial charge < -0.3 is 10.1 Å². The molecule has 0 radical (unpaired) electrons. The van der Waals surface area contributed by atoms with Gasteiger partial charge in [-0.1, -0.05) is 30.3 Å². The van der Waals surface area contributed by atoms with Crippen molar-refractivity contribution >= 4 is 15.9 Å². The van der Waals surface area contributed by atoms with E-state index in [9.17, 15) is 17.6 Å². The number of methoxy groups -OCH3 is 1. The number of carbonyl (C=O) groups excluding carboxylic acids is 1.